The van der Waals surface area contributed by atoms with E-state index in [1.54, 1.807) is 18.2 Å². The quantitative estimate of drug-likeness (QED) is 0.603. The molecular formula is C23H22F2N2O. The Hall–Kier alpha value is -3.05. The molecule has 0 aliphatic heterocycles. The third-order valence-corrected chi connectivity index (χ3v) is 4.55. The fraction of sp³-hybridized carbons (Fsp3) is 0.174. The van der Waals surface area contributed by atoms with Crippen molar-refractivity contribution in [1.82, 2.24) is 5.32 Å². The van der Waals surface area contributed by atoms with Gasteiger partial charge < -0.3 is 10.6 Å². The van der Waals surface area contributed by atoms with Gasteiger partial charge in [0.2, 0.25) is 0 Å². The van der Waals surface area contributed by atoms with E-state index in [1.807, 2.05) is 50.2 Å². The van der Waals surface area contributed by atoms with Gasteiger partial charge in [-0.15, -0.1) is 0 Å². The van der Waals surface area contributed by atoms with Crippen LogP contribution in [0.2, 0.25) is 0 Å². The lowest BCUT2D eigenvalue weighted by molar-refractivity contribution is 0.102. The summed E-state index contributed by atoms with van der Waals surface area (Å²) in [6.07, 6.45) is 0. The van der Waals surface area contributed by atoms with Crippen molar-refractivity contribution in [3.05, 3.63) is 101 Å². The summed E-state index contributed by atoms with van der Waals surface area (Å²) in [6, 6.07) is 18.6. The summed E-state index contributed by atoms with van der Waals surface area (Å²) in [4.78, 5) is 12.4. The Kier molecular flexibility index (Phi) is 6.16. The van der Waals surface area contributed by atoms with Crippen molar-refractivity contribution in [2.75, 3.05) is 5.32 Å². The van der Waals surface area contributed by atoms with Gasteiger partial charge in [-0.3, -0.25) is 4.79 Å². The van der Waals surface area contributed by atoms with E-state index in [0.717, 1.165) is 17.2 Å². The summed E-state index contributed by atoms with van der Waals surface area (Å²) < 4.78 is 26.5. The van der Waals surface area contributed by atoms with E-state index in [2.05, 4.69) is 10.6 Å². The molecule has 1 atom stereocenters. The molecule has 0 saturated carbocycles. The van der Waals surface area contributed by atoms with Crippen LogP contribution in [0.4, 0.5) is 14.5 Å². The fourth-order valence-corrected chi connectivity index (χ4v) is 2.84. The summed E-state index contributed by atoms with van der Waals surface area (Å²) in [5.41, 5.74) is 4.03. The van der Waals surface area contributed by atoms with Gasteiger partial charge in [0.1, 0.15) is 0 Å². The van der Waals surface area contributed by atoms with E-state index < -0.39 is 11.6 Å². The van der Waals surface area contributed by atoms with Gasteiger partial charge >= 0.3 is 0 Å². The monoisotopic (exact) mass is 380 g/mol. The smallest absolute Gasteiger partial charge is 0.255 e. The molecule has 3 aromatic rings. The lowest BCUT2D eigenvalue weighted by atomic mass is 10.1. The highest BCUT2D eigenvalue weighted by Gasteiger charge is 2.10. The van der Waals surface area contributed by atoms with Crippen LogP contribution >= 0.6 is 0 Å². The van der Waals surface area contributed by atoms with Gasteiger partial charge in [0.25, 0.3) is 5.91 Å². The summed E-state index contributed by atoms with van der Waals surface area (Å²) in [5.74, 6) is -1.87. The van der Waals surface area contributed by atoms with Crippen LogP contribution < -0.4 is 10.6 Å². The first-order valence-electron chi connectivity index (χ1n) is 9.07. The van der Waals surface area contributed by atoms with E-state index >= 15 is 0 Å². The first kappa shape index (κ1) is 19.7. The van der Waals surface area contributed by atoms with Crippen molar-refractivity contribution >= 4 is 11.6 Å². The molecule has 0 aliphatic carbocycles. The van der Waals surface area contributed by atoms with Crippen LogP contribution in [0, 0.1) is 18.6 Å². The molecule has 3 aromatic carbocycles. The molecule has 0 fully saturated rings. The highest BCUT2D eigenvalue weighted by molar-refractivity contribution is 6.04. The number of hydrogen-bond acceptors (Lipinski definition) is 2. The van der Waals surface area contributed by atoms with Gasteiger partial charge in [-0.05, 0) is 61.4 Å². The third kappa shape index (κ3) is 5.02. The summed E-state index contributed by atoms with van der Waals surface area (Å²) >= 11 is 0. The highest BCUT2D eigenvalue weighted by atomic mass is 19.2. The molecule has 1 amide bonds. The third-order valence-electron chi connectivity index (χ3n) is 4.55. The van der Waals surface area contributed by atoms with Crippen LogP contribution in [0.1, 0.15) is 40.0 Å². The maximum absolute atomic E-state index is 13.4. The van der Waals surface area contributed by atoms with Crippen molar-refractivity contribution < 1.29 is 13.6 Å². The summed E-state index contributed by atoms with van der Waals surface area (Å²) in [7, 11) is 0. The van der Waals surface area contributed by atoms with Crippen LogP contribution in [0.25, 0.3) is 0 Å². The highest BCUT2D eigenvalue weighted by Crippen LogP contribution is 2.18. The van der Waals surface area contributed by atoms with E-state index in [9.17, 15) is 13.6 Å². The lowest BCUT2D eigenvalue weighted by Gasteiger charge is -2.15. The standard InChI is InChI=1S/C23H22F2N2O/c1-15-6-8-18(9-7-15)23(28)27-20-5-3-4-17(12-20)14-26-16(2)19-10-11-21(24)22(25)13-19/h3-13,16,26H,14H2,1-2H3,(H,27,28)/t16-/m0/s1. The van der Waals surface area contributed by atoms with Crippen molar-refractivity contribution in [3.8, 4) is 0 Å². The predicted octanol–water partition coefficient (Wildman–Crippen LogP) is 5.38. The molecule has 0 heterocycles. The molecule has 3 rings (SSSR count). The van der Waals surface area contributed by atoms with E-state index in [-0.39, 0.29) is 11.9 Å². The first-order chi connectivity index (χ1) is 13.4. The number of halogens is 2. The van der Waals surface area contributed by atoms with Crippen molar-refractivity contribution in [2.45, 2.75) is 26.4 Å². The zero-order valence-corrected chi connectivity index (χ0v) is 15.8. The second-order valence-corrected chi connectivity index (χ2v) is 6.80. The Balaban J connectivity index is 1.62. The van der Waals surface area contributed by atoms with Gasteiger partial charge in [-0.25, -0.2) is 8.78 Å². The van der Waals surface area contributed by atoms with Crippen molar-refractivity contribution in [2.24, 2.45) is 0 Å². The number of nitrogens with one attached hydrogen (secondary N) is 2. The molecule has 0 aromatic heterocycles. The Bertz CT molecular complexity index is 971. The minimum atomic E-state index is -0.855. The molecule has 0 bridgehead atoms. The number of rotatable bonds is 6. The Labute approximate surface area is 163 Å². The average molecular weight is 380 g/mol. The Morgan fingerprint density at radius 1 is 0.964 bits per heavy atom. The molecule has 0 aliphatic rings. The number of anilines is 1. The molecule has 0 saturated heterocycles. The van der Waals surface area contributed by atoms with Gasteiger partial charge in [0.15, 0.2) is 11.6 Å². The van der Waals surface area contributed by atoms with Crippen LogP contribution in [0.15, 0.2) is 66.7 Å². The second-order valence-electron chi connectivity index (χ2n) is 6.80. The maximum atomic E-state index is 13.4. The molecule has 5 heteroatoms. The van der Waals surface area contributed by atoms with Gasteiger partial charge in [-0.2, -0.15) is 0 Å². The Morgan fingerprint density at radius 3 is 2.43 bits per heavy atom. The van der Waals surface area contributed by atoms with E-state index in [0.29, 0.717) is 23.4 Å². The minimum Gasteiger partial charge on any atom is -0.322 e. The number of amides is 1. The average Bonchev–Trinajstić information content (AvgIpc) is 2.69. The number of carbonyl (C=O) groups excluding carboxylic acids is 1. The number of hydrogen-bond donors (Lipinski definition) is 2. The zero-order chi connectivity index (χ0) is 20.1. The molecule has 2 N–H and O–H groups in total. The topological polar surface area (TPSA) is 41.1 Å². The second kappa shape index (κ2) is 8.76. The van der Waals surface area contributed by atoms with Crippen LogP contribution in [-0.4, -0.2) is 5.91 Å². The lowest BCUT2D eigenvalue weighted by Crippen LogP contribution is -2.18. The van der Waals surface area contributed by atoms with Gasteiger partial charge in [0.05, 0.1) is 0 Å². The molecular weight excluding hydrogens is 358 g/mol. The van der Waals surface area contributed by atoms with Crippen LogP contribution in [-0.2, 0) is 6.54 Å². The van der Waals surface area contributed by atoms with Crippen molar-refractivity contribution in [3.63, 3.8) is 0 Å². The largest absolute Gasteiger partial charge is 0.322 e. The first-order valence-corrected chi connectivity index (χ1v) is 9.07. The van der Waals surface area contributed by atoms with Crippen LogP contribution in [0.3, 0.4) is 0 Å². The van der Waals surface area contributed by atoms with E-state index in [4.69, 9.17) is 0 Å². The molecule has 144 valence electrons. The number of carbonyl (C=O) groups is 1. The van der Waals surface area contributed by atoms with Gasteiger partial charge in [0, 0.05) is 23.8 Å². The Morgan fingerprint density at radius 2 is 1.71 bits per heavy atom. The maximum Gasteiger partial charge on any atom is 0.255 e. The molecule has 0 spiro atoms. The molecule has 0 unspecified atom stereocenters. The van der Waals surface area contributed by atoms with E-state index in [1.165, 1.54) is 6.07 Å². The molecule has 28 heavy (non-hydrogen) atoms. The van der Waals surface area contributed by atoms with Crippen LogP contribution in [0.5, 0.6) is 0 Å². The minimum absolute atomic E-state index is 0.152. The fourth-order valence-electron chi connectivity index (χ4n) is 2.84. The van der Waals surface area contributed by atoms with Gasteiger partial charge in [-0.1, -0.05) is 35.9 Å². The predicted molar refractivity (Wildman–Crippen MR) is 107 cm³/mol. The number of aryl methyl sites for hydroxylation is 1. The molecule has 3 nitrogen and oxygen atoms in total. The normalized spacial score (nSPS) is 11.9. The summed E-state index contributed by atoms with van der Waals surface area (Å²) in [5, 5.41) is 6.17. The summed E-state index contributed by atoms with van der Waals surface area (Å²) in [6.45, 7) is 4.38. The van der Waals surface area contributed by atoms with Crippen molar-refractivity contribution in [1.29, 1.82) is 0 Å². The zero-order valence-electron chi connectivity index (χ0n) is 15.8. The number of benzene rings is 3. The molecule has 0 radical (unpaired) electrons. The SMILES string of the molecule is Cc1ccc(C(=O)Nc2cccc(CN[C@@H](C)c3ccc(F)c(F)c3)c2)cc1.